The Morgan fingerprint density at radius 2 is 2.28 bits per heavy atom. The number of benzene rings is 1. The molecular formula is C12H14N2O3S. The van der Waals surface area contributed by atoms with Crippen molar-refractivity contribution in [2.24, 2.45) is 7.05 Å². The third-order valence-electron chi connectivity index (χ3n) is 2.64. The molecule has 96 valence electrons. The number of ether oxygens (including phenoxy) is 1. The monoisotopic (exact) mass is 266 g/mol. The van der Waals surface area contributed by atoms with Gasteiger partial charge in [-0.05, 0) is 25.1 Å². The predicted octanol–water partition coefficient (Wildman–Crippen LogP) is 2.15. The van der Waals surface area contributed by atoms with Gasteiger partial charge < -0.3 is 9.84 Å². The molecule has 0 spiro atoms. The van der Waals surface area contributed by atoms with Gasteiger partial charge in [0.05, 0.1) is 18.0 Å². The fourth-order valence-corrected chi connectivity index (χ4v) is 2.53. The summed E-state index contributed by atoms with van der Waals surface area (Å²) in [5, 5.41) is 13.5. The van der Waals surface area contributed by atoms with Crippen molar-refractivity contribution >= 4 is 28.6 Å². The van der Waals surface area contributed by atoms with Crippen LogP contribution >= 0.6 is 11.8 Å². The number of nitrogens with zero attached hydrogens (tertiary/aromatic N) is 2. The number of thioether (sulfide) groups is 1. The highest BCUT2D eigenvalue weighted by Gasteiger charge is 2.14. The Labute approximate surface area is 109 Å². The first-order valence-corrected chi connectivity index (χ1v) is 6.31. The maximum absolute atomic E-state index is 10.8. The smallest absolute Gasteiger partial charge is 0.316 e. The Morgan fingerprint density at radius 1 is 1.56 bits per heavy atom. The van der Waals surface area contributed by atoms with E-state index in [2.05, 4.69) is 5.10 Å². The van der Waals surface area contributed by atoms with E-state index in [0.717, 1.165) is 15.8 Å². The number of fused-ring (bicyclic) bond motifs is 1. The van der Waals surface area contributed by atoms with E-state index in [-0.39, 0.29) is 0 Å². The van der Waals surface area contributed by atoms with Gasteiger partial charge in [0.1, 0.15) is 5.25 Å². The molecule has 5 nitrogen and oxygen atoms in total. The average molecular weight is 266 g/mol. The first-order valence-electron chi connectivity index (χ1n) is 5.43. The Morgan fingerprint density at radius 3 is 2.89 bits per heavy atom. The van der Waals surface area contributed by atoms with Gasteiger partial charge >= 0.3 is 5.97 Å². The summed E-state index contributed by atoms with van der Waals surface area (Å²) in [5.74, 6) is -0.267. The van der Waals surface area contributed by atoms with Crippen LogP contribution in [0.3, 0.4) is 0 Å². The van der Waals surface area contributed by atoms with Gasteiger partial charge in [-0.25, -0.2) is 0 Å². The predicted molar refractivity (Wildman–Crippen MR) is 70.2 cm³/mol. The van der Waals surface area contributed by atoms with Gasteiger partial charge in [-0.2, -0.15) is 0 Å². The molecule has 0 aliphatic carbocycles. The van der Waals surface area contributed by atoms with Crippen molar-refractivity contribution in [1.29, 1.82) is 0 Å². The van der Waals surface area contributed by atoms with E-state index in [1.807, 2.05) is 25.2 Å². The van der Waals surface area contributed by atoms with Crippen molar-refractivity contribution in [2.75, 3.05) is 7.11 Å². The highest BCUT2D eigenvalue weighted by atomic mass is 32.2. The summed E-state index contributed by atoms with van der Waals surface area (Å²) in [6, 6.07) is 5.72. The Balaban J connectivity index is 2.40. The van der Waals surface area contributed by atoms with Crippen LogP contribution in [0.1, 0.15) is 6.92 Å². The molecule has 0 aliphatic rings. The molecule has 0 fully saturated rings. The van der Waals surface area contributed by atoms with Gasteiger partial charge in [0.2, 0.25) is 5.88 Å². The minimum Gasteiger partial charge on any atom is -0.480 e. The second-order valence-corrected chi connectivity index (χ2v) is 5.32. The lowest BCUT2D eigenvalue weighted by Crippen LogP contribution is -2.10. The van der Waals surface area contributed by atoms with Crippen LogP contribution in [-0.2, 0) is 11.8 Å². The number of aryl methyl sites for hydroxylation is 1. The van der Waals surface area contributed by atoms with Crippen molar-refractivity contribution in [3.8, 4) is 5.88 Å². The van der Waals surface area contributed by atoms with E-state index in [9.17, 15) is 4.79 Å². The molecule has 0 unspecified atom stereocenters. The first kappa shape index (κ1) is 12.8. The van der Waals surface area contributed by atoms with E-state index in [1.54, 1.807) is 18.7 Å². The molecule has 0 amide bonds. The molecule has 0 saturated heterocycles. The quantitative estimate of drug-likeness (QED) is 0.859. The Hall–Kier alpha value is -1.69. The largest absolute Gasteiger partial charge is 0.480 e. The van der Waals surface area contributed by atoms with Crippen LogP contribution in [0.25, 0.3) is 10.9 Å². The summed E-state index contributed by atoms with van der Waals surface area (Å²) in [6.07, 6.45) is 0. The summed E-state index contributed by atoms with van der Waals surface area (Å²) in [7, 11) is 3.42. The number of carboxylic acids is 1. The number of hydrogen-bond donors (Lipinski definition) is 1. The van der Waals surface area contributed by atoms with Crippen LogP contribution in [0.15, 0.2) is 23.1 Å². The van der Waals surface area contributed by atoms with Gasteiger partial charge in [-0.3, -0.25) is 9.48 Å². The Bertz CT molecular complexity index is 594. The zero-order valence-electron chi connectivity index (χ0n) is 10.4. The van der Waals surface area contributed by atoms with Crippen LogP contribution < -0.4 is 4.74 Å². The van der Waals surface area contributed by atoms with Crippen LogP contribution in [0, 0.1) is 0 Å². The normalized spacial score (nSPS) is 12.6. The summed E-state index contributed by atoms with van der Waals surface area (Å²) < 4.78 is 6.94. The van der Waals surface area contributed by atoms with Crippen molar-refractivity contribution in [2.45, 2.75) is 17.1 Å². The fraction of sp³-hybridized carbons (Fsp3) is 0.333. The number of aliphatic carboxylic acids is 1. The van der Waals surface area contributed by atoms with Gasteiger partial charge in [-0.15, -0.1) is 16.9 Å². The lowest BCUT2D eigenvalue weighted by atomic mass is 10.2. The number of hydrogen-bond acceptors (Lipinski definition) is 4. The Kier molecular flexibility index (Phi) is 3.47. The second-order valence-electron chi connectivity index (χ2n) is 3.91. The number of carbonyl (C=O) groups is 1. The number of rotatable bonds is 4. The number of methoxy groups -OCH3 is 1. The molecule has 1 N–H and O–H groups in total. The zero-order valence-corrected chi connectivity index (χ0v) is 11.2. The van der Waals surface area contributed by atoms with Crippen LogP contribution in [-0.4, -0.2) is 33.2 Å². The van der Waals surface area contributed by atoms with E-state index in [4.69, 9.17) is 9.84 Å². The molecule has 6 heteroatoms. The van der Waals surface area contributed by atoms with Crippen molar-refractivity contribution in [3.63, 3.8) is 0 Å². The topological polar surface area (TPSA) is 64.4 Å². The molecule has 1 heterocycles. The van der Waals surface area contributed by atoms with E-state index >= 15 is 0 Å². The van der Waals surface area contributed by atoms with Gasteiger partial charge in [0, 0.05) is 11.9 Å². The third kappa shape index (κ3) is 2.28. The fourth-order valence-electron chi connectivity index (χ4n) is 1.69. The number of aromatic nitrogens is 2. The van der Waals surface area contributed by atoms with E-state index in [0.29, 0.717) is 5.88 Å². The van der Waals surface area contributed by atoms with Crippen LogP contribution in [0.4, 0.5) is 0 Å². The highest BCUT2D eigenvalue weighted by Crippen LogP contribution is 2.31. The van der Waals surface area contributed by atoms with E-state index < -0.39 is 11.2 Å². The molecule has 18 heavy (non-hydrogen) atoms. The zero-order chi connectivity index (χ0) is 13.3. The number of carboxylic acid groups (broad SMARTS) is 1. The molecule has 1 atom stereocenters. The summed E-state index contributed by atoms with van der Waals surface area (Å²) in [6.45, 7) is 1.66. The van der Waals surface area contributed by atoms with Gasteiger partial charge in [0.25, 0.3) is 0 Å². The van der Waals surface area contributed by atoms with Crippen molar-refractivity contribution in [3.05, 3.63) is 18.2 Å². The van der Waals surface area contributed by atoms with Gasteiger partial charge in [-0.1, -0.05) is 0 Å². The highest BCUT2D eigenvalue weighted by molar-refractivity contribution is 8.00. The summed E-state index contributed by atoms with van der Waals surface area (Å²) >= 11 is 1.30. The molecule has 0 saturated carbocycles. The molecule has 0 radical (unpaired) electrons. The maximum Gasteiger partial charge on any atom is 0.316 e. The lowest BCUT2D eigenvalue weighted by Gasteiger charge is -2.06. The second kappa shape index (κ2) is 4.89. The molecule has 1 aromatic carbocycles. The van der Waals surface area contributed by atoms with Crippen LogP contribution in [0.5, 0.6) is 5.88 Å². The van der Waals surface area contributed by atoms with Gasteiger partial charge in [0.15, 0.2) is 0 Å². The summed E-state index contributed by atoms with van der Waals surface area (Å²) in [4.78, 5) is 11.7. The van der Waals surface area contributed by atoms with Crippen molar-refractivity contribution in [1.82, 2.24) is 9.78 Å². The van der Waals surface area contributed by atoms with Crippen LogP contribution in [0.2, 0.25) is 0 Å². The third-order valence-corrected chi connectivity index (χ3v) is 3.72. The minimum absolute atomic E-state index is 0.481. The maximum atomic E-state index is 10.8. The standard InChI is InChI=1S/C12H14N2O3S/c1-7(12(15)16)18-8-4-5-10-9(6-8)11(17-3)13-14(10)2/h4-7H,1-3H3,(H,15,16)/t7-/m0/s1. The molecule has 2 aromatic rings. The average Bonchev–Trinajstić information content (AvgIpc) is 2.65. The van der Waals surface area contributed by atoms with E-state index in [1.165, 1.54) is 11.8 Å². The SMILES string of the molecule is COc1nn(C)c2ccc(S[C@@H](C)C(=O)O)cc12. The summed E-state index contributed by atoms with van der Waals surface area (Å²) in [5.41, 5.74) is 0.958. The molecule has 0 aliphatic heterocycles. The lowest BCUT2D eigenvalue weighted by molar-refractivity contribution is -0.136. The molecule has 0 bridgehead atoms. The molecule has 1 aromatic heterocycles. The van der Waals surface area contributed by atoms with Crippen molar-refractivity contribution < 1.29 is 14.6 Å². The molecular weight excluding hydrogens is 252 g/mol. The molecule has 2 rings (SSSR count). The first-order chi connectivity index (χ1) is 8.52. The minimum atomic E-state index is -0.821.